The predicted molar refractivity (Wildman–Crippen MR) is 137 cm³/mol. The van der Waals surface area contributed by atoms with Crippen molar-refractivity contribution in [3.63, 3.8) is 0 Å². The molecule has 0 fully saturated rings. The van der Waals surface area contributed by atoms with Gasteiger partial charge in [0.1, 0.15) is 17.4 Å². The van der Waals surface area contributed by atoms with Crippen molar-refractivity contribution in [1.29, 1.82) is 0 Å². The van der Waals surface area contributed by atoms with Crippen LogP contribution in [-0.4, -0.2) is 29.6 Å². The summed E-state index contributed by atoms with van der Waals surface area (Å²) in [6, 6.07) is 15.9. The molecule has 0 amide bonds. The van der Waals surface area contributed by atoms with Crippen LogP contribution in [0.25, 0.3) is 10.9 Å². The van der Waals surface area contributed by atoms with Crippen molar-refractivity contribution in [2.45, 2.75) is 51.2 Å². The third-order valence-electron chi connectivity index (χ3n) is 5.44. The Morgan fingerprint density at radius 2 is 1.86 bits per heavy atom. The van der Waals surface area contributed by atoms with E-state index in [9.17, 15) is 13.2 Å². The van der Waals surface area contributed by atoms with Crippen LogP contribution in [0.4, 0.5) is 0 Å². The summed E-state index contributed by atoms with van der Waals surface area (Å²) in [6.07, 6.45) is 0.967. The van der Waals surface area contributed by atoms with E-state index in [4.69, 9.17) is 4.74 Å². The van der Waals surface area contributed by atoms with Gasteiger partial charge in [-0.3, -0.25) is 9.78 Å². The summed E-state index contributed by atoms with van der Waals surface area (Å²) in [5, 5.41) is 7.96. The highest BCUT2D eigenvalue weighted by Gasteiger charge is 2.22. The van der Waals surface area contributed by atoms with Crippen molar-refractivity contribution in [1.82, 2.24) is 19.9 Å². The normalized spacial score (nSPS) is 12.8. The van der Waals surface area contributed by atoms with Crippen LogP contribution < -0.4 is 14.3 Å². The van der Waals surface area contributed by atoms with E-state index in [1.54, 1.807) is 12.1 Å². The van der Waals surface area contributed by atoms with E-state index < -0.39 is 10.0 Å². The Bertz CT molecular complexity index is 1460. The first-order valence-corrected chi connectivity index (χ1v) is 13.6. The molecule has 1 atom stereocenters. The molecule has 184 valence electrons. The van der Waals surface area contributed by atoms with Crippen LogP contribution >= 0.6 is 11.3 Å². The van der Waals surface area contributed by atoms with Crippen LogP contribution in [0, 0.1) is 12.8 Å². The number of nitrogens with one attached hydrogen (secondary N) is 2. The minimum atomic E-state index is -3.76. The maximum atomic E-state index is 13.0. The molecule has 2 N–H and O–H groups in total. The minimum absolute atomic E-state index is 0.152. The van der Waals surface area contributed by atoms with E-state index in [1.165, 1.54) is 12.1 Å². The number of sulfonamides is 1. The van der Waals surface area contributed by atoms with Gasteiger partial charge in [0.05, 0.1) is 10.4 Å². The number of nitrogens with zero attached hydrogens (tertiary/aromatic N) is 2. The smallest absolute Gasteiger partial charge is 0.322 e. The van der Waals surface area contributed by atoms with Crippen molar-refractivity contribution in [3.05, 3.63) is 80.5 Å². The zero-order valence-electron chi connectivity index (χ0n) is 19.8. The third kappa shape index (κ3) is 6.53. The fourth-order valence-corrected chi connectivity index (χ4v) is 5.91. The molecule has 0 aliphatic heterocycles. The van der Waals surface area contributed by atoms with Crippen LogP contribution in [-0.2, 0) is 23.1 Å². The number of H-pyrrole nitrogens is 1. The number of hydrogen-bond donors (Lipinski definition) is 2. The lowest BCUT2D eigenvalue weighted by Crippen LogP contribution is -2.37. The monoisotopic (exact) mass is 512 g/mol. The average molecular weight is 513 g/mol. The van der Waals surface area contributed by atoms with E-state index in [2.05, 4.69) is 19.9 Å². The van der Waals surface area contributed by atoms with E-state index in [0.29, 0.717) is 30.2 Å². The third-order valence-corrected chi connectivity index (χ3v) is 7.75. The highest BCUT2D eigenvalue weighted by molar-refractivity contribution is 7.89. The molecule has 4 aromatic rings. The number of benzene rings is 2. The number of hydrogen-bond acceptors (Lipinski definition) is 7. The maximum Gasteiger partial charge on any atom is 0.322 e. The van der Waals surface area contributed by atoms with Crippen molar-refractivity contribution >= 4 is 32.3 Å². The highest BCUT2D eigenvalue weighted by atomic mass is 32.2. The molecule has 8 nitrogen and oxygen atoms in total. The van der Waals surface area contributed by atoms with Gasteiger partial charge in [-0.15, -0.1) is 0 Å². The Morgan fingerprint density at radius 1 is 1.11 bits per heavy atom. The molecule has 0 saturated carbocycles. The molecule has 2 heterocycles. The molecular weight excluding hydrogens is 484 g/mol. The fraction of sp³-hybridized carbons (Fsp3) is 0.320. The number of para-hydroxylation sites is 1. The van der Waals surface area contributed by atoms with Gasteiger partial charge in [0.15, 0.2) is 0 Å². The van der Waals surface area contributed by atoms with Crippen molar-refractivity contribution in [3.8, 4) is 5.75 Å². The van der Waals surface area contributed by atoms with Crippen LogP contribution in [0.1, 0.15) is 36.5 Å². The number of aromatic amines is 1. The molecule has 0 aliphatic carbocycles. The van der Waals surface area contributed by atoms with E-state index in [-0.39, 0.29) is 21.7 Å². The molecule has 2 aromatic carbocycles. The van der Waals surface area contributed by atoms with Gasteiger partial charge in [-0.05, 0) is 55.7 Å². The lowest BCUT2D eigenvalue weighted by Gasteiger charge is -2.19. The molecule has 0 spiro atoms. The van der Waals surface area contributed by atoms with Gasteiger partial charge in [0.2, 0.25) is 10.0 Å². The predicted octanol–water partition coefficient (Wildman–Crippen LogP) is 4.20. The van der Waals surface area contributed by atoms with Gasteiger partial charge < -0.3 is 4.74 Å². The zero-order chi connectivity index (χ0) is 25.0. The molecule has 4 rings (SSSR count). The lowest BCUT2D eigenvalue weighted by atomic mass is 10.0. The van der Waals surface area contributed by atoms with Crippen LogP contribution in [0.5, 0.6) is 5.75 Å². The largest absolute Gasteiger partial charge is 0.489 e. The second-order valence-electron chi connectivity index (χ2n) is 8.86. The molecule has 0 bridgehead atoms. The molecule has 0 radical (unpaired) electrons. The Labute approximate surface area is 208 Å². The molecule has 0 aliphatic rings. The van der Waals surface area contributed by atoms with Crippen LogP contribution in [0.2, 0.25) is 0 Å². The highest BCUT2D eigenvalue weighted by Crippen LogP contribution is 2.22. The van der Waals surface area contributed by atoms with Gasteiger partial charge in [-0.2, -0.15) is 5.10 Å². The number of fused-ring (bicyclic) bond motifs is 1. The number of pyridine rings is 1. The lowest BCUT2D eigenvalue weighted by molar-refractivity contribution is 0.307. The molecule has 10 heteroatoms. The van der Waals surface area contributed by atoms with Crippen molar-refractivity contribution in [2.75, 3.05) is 0 Å². The summed E-state index contributed by atoms with van der Waals surface area (Å²) >= 11 is 0.994. The van der Waals surface area contributed by atoms with Crippen LogP contribution in [0.15, 0.2) is 64.3 Å². The molecular formula is C25H28N4O4S2. The number of aryl methyl sites for hydroxylation is 1. The van der Waals surface area contributed by atoms with Crippen molar-refractivity contribution < 1.29 is 13.2 Å². The molecule has 0 saturated heterocycles. The zero-order valence-corrected chi connectivity index (χ0v) is 21.4. The SMILES string of the molecule is Cc1cc(COc2ccc(S(=O)(=O)NC(Cc3n[nH]c(=O)s3)CC(C)C)cc2)c2ccccc2n1. The van der Waals surface area contributed by atoms with E-state index in [1.807, 2.05) is 51.1 Å². The van der Waals surface area contributed by atoms with Gasteiger partial charge in [-0.25, -0.2) is 18.2 Å². The Kier molecular flexibility index (Phi) is 7.63. The number of rotatable bonds is 10. The van der Waals surface area contributed by atoms with Gasteiger partial charge in [-0.1, -0.05) is 43.4 Å². The summed E-state index contributed by atoms with van der Waals surface area (Å²) in [6.45, 7) is 6.33. The Balaban J connectivity index is 1.45. The Hall–Kier alpha value is -3.08. The summed E-state index contributed by atoms with van der Waals surface area (Å²) in [5.74, 6) is 0.838. The van der Waals surface area contributed by atoms with Gasteiger partial charge in [0.25, 0.3) is 0 Å². The average Bonchev–Trinajstić information content (AvgIpc) is 3.21. The first kappa shape index (κ1) is 25.0. The first-order valence-electron chi connectivity index (χ1n) is 11.3. The second kappa shape index (κ2) is 10.7. The van der Waals surface area contributed by atoms with E-state index >= 15 is 0 Å². The summed E-state index contributed by atoms with van der Waals surface area (Å²) in [7, 11) is -3.76. The second-order valence-corrected chi connectivity index (χ2v) is 11.6. The first-order chi connectivity index (χ1) is 16.7. The molecule has 1 unspecified atom stereocenters. The van der Waals surface area contributed by atoms with E-state index in [0.717, 1.165) is 33.5 Å². The summed E-state index contributed by atoms with van der Waals surface area (Å²) in [4.78, 5) is 15.9. The standard InChI is InChI=1S/C25H28N4O4S2/c1-16(2)12-19(14-24-27-28-25(30)34-24)29-35(31,32)21-10-8-20(9-11-21)33-15-18-13-17(3)26-23-7-5-4-6-22(18)23/h4-11,13,16,19,29H,12,14-15H2,1-3H3,(H,28,30). The molecule has 35 heavy (non-hydrogen) atoms. The maximum absolute atomic E-state index is 13.0. The minimum Gasteiger partial charge on any atom is -0.489 e. The summed E-state index contributed by atoms with van der Waals surface area (Å²) < 4.78 is 34.8. The quantitative estimate of drug-likeness (QED) is 0.329. The topological polar surface area (TPSA) is 114 Å². The van der Waals surface area contributed by atoms with Crippen LogP contribution in [0.3, 0.4) is 0 Å². The van der Waals surface area contributed by atoms with Gasteiger partial charge in [0, 0.05) is 29.1 Å². The van der Waals surface area contributed by atoms with Gasteiger partial charge >= 0.3 is 4.87 Å². The number of ether oxygens (including phenoxy) is 1. The fourth-order valence-electron chi connectivity index (χ4n) is 3.98. The number of aromatic nitrogens is 3. The Morgan fingerprint density at radius 3 is 2.54 bits per heavy atom. The van der Waals surface area contributed by atoms with Crippen molar-refractivity contribution in [2.24, 2.45) is 5.92 Å². The molecule has 2 aromatic heterocycles. The summed E-state index contributed by atoms with van der Waals surface area (Å²) in [5.41, 5.74) is 2.84.